The van der Waals surface area contributed by atoms with Gasteiger partial charge in [0, 0.05) is 40.6 Å². The number of fused-ring (bicyclic) bond motifs is 1. The Kier molecular flexibility index (Phi) is 8.73. The number of rotatable bonds is 7. The van der Waals surface area contributed by atoms with Gasteiger partial charge in [0.15, 0.2) is 5.82 Å². The van der Waals surface area contributed by atoms with Crippen LogP contribution in [0.15, 0.2) is 10.5 Å². The minimum Gasteiger partial charge on any atom is -0.460 e. The molecule has 1 aliphatic heterocycles. The smallest absolute Gasteiger partial charge is 0.335 e. The Morgan fingerprint density at radius 3 is 2.66 bits per heavy atom. The van der Waals surface area contributed by atoms with Crippen molar-refractivity contribution in [3.63, 3.8) is 0 Å². The van der Waals surface area contributed by atoms with Crippen molar-refractivity contribution in [2.24, 2.45) is 5.92 Å². The SMILES string of the molecule is CN(C)C1CN(c2nc3c(F)c(Br)c(I)cc3c(NC3CCC[C@H](CC(=O)OC(C)(C)C)C3)c2[N+](=O)[O-])C1. The Balaban J connectivity index is 1.71. The first-order chi connectivity index (χ1) is 17.7. The van der Waals surface area contributed by atoms with Crippen LogP contribution in [-0.2, 0) is 9.53 Å². The van der Waals surface area contributed by atoms with Crippen molar-refractivity contribution in [1.82, 2.24) is 9.88 Å². The van der Waals surface area contributed by atoms with Gasteiger partial charge < -0.3 is 19.9 Å². The number of esters is 1. The van der Waals surface area contributed by atoms with Crippen molar-refractivity contribution in [3.05, 3.63) is 30.0 Å². The Morgan fingerprint density at radius 1 is 1.37 bits per heavy atom. The zero-order chi connectivity index (χ0) is 27.9. The highest BCUT2D eigenvalue weighted by molar-refractivity contribution is 14.1. The predicted octanol–water partition coefficient (Wildman–Crippen LogP) is 6.10. The lowest BCUT2D eigenvalue weighted by atomic mass is 9.83. The molecule has 12 heteroatoms. The molecule has 1 unspecified atom stereocenters. The second-order valence-electron chi connectivity index (χ2n) is 11.5. The van der Waals surface area contributed by atoms with Crippen LogP contribution in [0.4, 0.5) is 21.6 Å². The first-order valence-corrected chi connectivity index (χ1v) is 14.7. The summed E-state index contributed by atoms with van der Waals surface area (Å²) in [4.78, 5) is 32.9. The van der Waals surface area contributed by atoms with Gasteiger partial charge in [-0.25, -0.2) is 9.37 Å². The third kappa shape index (κ3) is 6.33. The lowest BCUT2D eigenvalue weighted by Gasteiger charge is -2.43. The molecule has 4 rings (SSSR count). The number of nitrogens with one attached hydrogen (secondary N) is 1. The molecule has 2 heterocycles. The van der Waals surface area contributed by atoms with E-state index in [4.69, 9.17) is 4.74 Å². The lowest BCUT2D eigenvalue weighted by molar-refractivity contribution is -0.383. The molecule has 2 atom stereocenters. The third-order valence-corrected chi connectivity index (χ3v) is 9.52. The number of pyridine rings is 1. The van der Waals surface area contributed by atoms with Crippen molar-refractivity contribution in [2.45, 2.75) is 70.6 Å². The van der Waals surface area contributed by atoms with Crippen LogP contribution in [0.1, 0.15) is 52.9 Å². The van der Waals surface area contributed by atoms with E-state index in [1.807, 2.05) is 62.4 Å². The molecule has 1 N–H and O–H groups in total. The summed E-state index contributed by atoms with van der Waals surface area (Å²) in [6, 6.07) is 1.86. The van der Waals surface area contributed by atoms with Crippen LogP contribution in [0.2, 0.25) is 0 Å². The van der Waals surface area contributed by atoms with Gasteiger partial charge in [-0.1, -0.05) is 6.42 Å². The van der Waals surface area contributed by atoms with Crippen LogP contribution in [0.25, 0.3) is 10.9 Å². The van der Waals surface area contributed by atoms with Gasteiger partial charge in [0.1, 0.15) is 16.8 Å². The molecule has 38 heavy (non-hydrogen) atoms. The molecule has 0 amide bonds. The molecule has 0 bridgehead atoms. The highest BCUT2D eigenvalue weighted by atomic mass is 127. The molecule has 1 saturated heterocycles. The van der Waals surface area contributed by atoms with E-state index in [0.29, 0.717) is 34.9 Å². The number of carbonyl (C=O) groups excluding carboxylic acids is 1. The lowest BCUT2D eigenvalue weighted by Crippen LogP contribution is -2.57. The van der Waals surface area contributed by atoms with Crippen LogP contribution in [0, 0.1) is 25.4 Å². The molecule has 1 aromatic heterocycles. The van der Waals surface area contributed by atoms with Crippen LogP contribution < -0.4 is 10.2 Å². The number of hydrogen-bond donors (Lipinski definition) is 1. The van der Waals surface area contributed by atoms with Crippen LogP contribution >= 0.6 is 38.5 Å². The molecule has 2 aliphatic rings. The molecule has 1 aromatic carbocycles. The predicted molar refractivity (Wildman–Crippen MR) is 158 cm³/mol. The van der Waals surface area contributed by atoms with E-state index in [1.165, 1.54) is 0 Å². The molecule has 0 spiro atoms. The maximum Gasteiger partial charge on any atom is 0.335 e. The second kappa shape index (κ2) is 11.4. The average molecular weight is 706 g/mol. The third-order valence-electron chi connectivity index (χ3n) is 7.15. The van der Waals surface area contributed by atoms with E-state index in [2.05, 4.69) is 31.1 Å². The summed E-state index contributed by atoms with van der Waals surface area (Å²) in [5.74, 6) is -0.496. The number of ether oxygens (including phenoxy) is 1. The fourth-order valence-corrected chi connectivity index (χ4v) is 6.06. The van der Waals surface area contributed by atoms with Crippen molar-refractivity contribution in [1.29, 1.82) is 0 Å². The standard InChI is InChI=1S/C26H34BrFIN5O4/c1-26(2,3)38-19(35)10-14-7-6-8-15(9-14)30-23-17-11-18(29)20(27)21(28)22(17)31-25(24(23)34(36)37)33-12-16(13-33)32(4)5/h11,14-16H,6-10,12-13H2,1-5H3,(H,30,31)/t14-,15?/m0/s1. The topological polar surface area (TPSA) is 101 Å². The maximum absolute atomic E-state index is 15.5. The Morgan fingerprint density at radius 2 is 2.05 bits per heavy atom. The van der Waals surface area contributed by atoms with E-state index in [9.17, 15) is 14.9 Å². The van der Waals surface area contributed by atoms with Crippen LogP contribution in [-0.4, -0.2) is 65.6 Å². The number of halogens is 3. The summed E-state index contributed by atoms with van der Waals surface area (Å²) < 4.78 is 21.9. The van der Waals surface area contributed by atoms with Gasteiger partial charge in [0.2, 0.25) is 5.82 Å². The van der Waals surface area contributed by atoms with Crippen LogP contribution in [0.3, 0.4) is 0 Å². The van der Waals surface area contributed by atoms with Gasteiger partial charge in [-0.3, -0.25) is 14.9 Å². The van der Waals surface area contributed by atoms with Gasteiger partial charge in [-0.15, -0.1) is 0 Å². The quantitative estimate of drug-likeness (QED) is 0.121. The molecule has 2 fully saturated rings. The Bertz CT molecular complexity index is 1250. The number of aromatic nitrogens is 1. The normalized spacial score (nSPS) is 20.5. The summed E-state index contributed by atoms with van der Waals surface area (Å²) in [7, 11) is 3.93. The monoisotopic (exact) mass is 705 g/mol. The zero-order valence-corrected chi connectivity index (χ0v) is 26.1. The largest absolute Gasteiger partial charge is 0.460 e. The zero-order valence-electron chi connectivity index (χ0n) is 22.3. The van der Waals surface area contributed by atoms with Crippen molar-refractivity contribution < 1.29 is 18.8 Å². The van der Waals surface area contributed by atoms with Crippen molar-refractivity contribution >= 4 is 72.6 Å². The Hall–Kier alpha value is -1.80. The fraction of sp³-hybridized carbons (Fsp3) is 0.615. The molecule has 0 radical (unpaired) electrons. The molecule has 2 aromatic rings. The molecular weight excluding hydrogens is 672 g/mol. The highest BCUT2D eigenvalue weighted by Crippen LogP contribution is 2.45. The number of nitrogens with zero attached hydrogens (tertiary/aromatic N) is 4. The highest BCUT2D eigenvalue weighted by Gasteiger charge is 2.38. The van der Waals surface area contributed by atoms with Gasteiger partial charge in [0.25, 0.3) is 0 Å². The van der Waals surface area contributed by atoms with E-state index in [0.717, 1.165) is 19.3 Å². The minimum absolute atomic E-state index is 0.0924. The first kappa shape index (κ1) is 29.2. The molecular formula is C26H34BrFIN5O4. The first-order valence-electron chi connectivity index (χ1n) is 12.8. The molecule has 1 aliphatic carbocycles. The number of carbonyl (C=O) groups is 1. The summed E-state index contributed by atoms with van der Waals surface area (Å²) in [6.45, 7) is 6.68. The van der Waals surface area contributed by atoms with Gasteiger partial charge in [-0.05, 0) is 105 Å². The number of anilines is 2. The summed E-state index contributed by atoms with van der Waals surface area (Å²) >= 11 is 5.31. The number of likely N-dealkylation sites (N-methyl/N-ethyl adjacent to an activating group) is 1. The summed E-state index contributed by atoms with van der Waals surface area (Å²) in [5, 5.41) is 16.3. The molecule has 208 valence electrons. The van der Waals surface area contributed by atoms with E-state index in [1.54, 1.807) is 6.07 Å². The van der Waals surface area contributed by atoms with E-state index >= 15 is 4.39 Å². The van der Waals surface area contributed by atoms with Gasteiger partial charge >= 0.3 is 11.7 Å². The van der Waals surface area contributed by atoms with E-state index < -0.39 is 16.3 Å². The van der Waals surface area contributed by atoms with Crippen LogP contribution in [0.5, 0.6) is 0 Å². The minimum atomic E-state index is -0.547. The number of hydrogen-bond acceptors (Lipinski definition) is 8. The number of benzene rings is 1. The molecule has 9 nitrogen and oxygen atoms in total. The molecule has 1 saturated carbocycles. The fourth-order valence-electron chi connectivity index (χ4n) is 5.21. The Labute approximate surface area is 244 Å². The van der Waals surface area contributed by atoms with Gasteiger partial charge in [-0.2, -0.15) is 0 Å². The number of nitro groups is 1. The summed E-state index contributed by atoms with van der Waals surface area (Å²) in [5.41, 5.74) is -0.305. The van der Waals surface area contributed by atoms with E-state index in [-0.39, 0.29) is 51.2 Å². The maximum atomic E-state index is 15.5. The van der Waals surface area contributed by atoms with Gasteiger partial charge in [0.05, 0.1) is 9.40 Å². The second-order valence-corrected chi connectivity index (χ2v) is 13.4. The average Bonchev–Trinajstić information content (AvgIpc) is 2.75. The summed E-state index contributed by atoms with van der Waals surface area (Å²) in [6.07, 6.45) is 3.53. The van der Waals surface area contributed by atoms with Crippen molar-refractivity contribution in [3.8, 4) is 0 Å². The van der Waals surface area contributed by atoms with Crippen molar-refractivity contribution in [2.75, 3.05) is 37.4 Å².